The minimum atomic E-state index is -1.01. The number of carbonyl (C=O) groups is 2. The molecule has 0 saturated carbocycles. The van der Waals surface area contributed by atoms with E-state index in [1.165, 1.54) is 6.92 Å². The van der Waals surface area contributed by atoms with Crippen LogP contribution >= 0.6 is 0 Å². The van der Waals surface area contributed by atoms with Gasteiger partial charge in [-0.1, -0.05) is 60.7 Å². The first-order valence-electron chi connectivity index (χ1n) is 6.66. The molecule has 106 valence electrons. The molecule has 0 aliphatic heterocycles. The Kier molecular flexibility index (Phi) is 4.67. The molecule has 0 saturated heterocycles. The average Bonchev–Trinajstić information content (AvgIpc) is 2.48. The Bertz CT molecular complexity index is 629. The van der Waals surface area contributed by atoms with E-state index in [1.807, 2.05) is 60.7 Å². The molecule has 0 atom stereocenters. The zero-order valence-corrected chi connectivity index (χ0v) is 11.7. The molecule has 3 heteroatoms. The van der Waals surface area contributed by atoms with E-state index in [4.69, 9.17) is 5.11 Å². The van der Waals surface area contributed by atoms with Crippen molar-refractivity contribution >= 4 is 17.3 Å². The van der Waals surface area contributed by atoms with E-state index in [-0.39, 0.29) is 12.2 Å². The number of hydrogen-bond acceptors (Lipinski definition) is 2. The van der Waals surface area contributed by atoms with Crippen LogP contribution in [-0.4, -0.2) is 16.9 Å². The first kappa shape index (κ1) is 14.7. The lowest BCUT2D eigenvalue weighted by Gasteiger charge is -2.13. The van der Waals surface area contributed by atoms with E-state index in [0.29, 0.717) is 11.1 Å². The van der Waals surface area contributed by atoms with Gasteiger partial charge in [-0.3, -0.25) is 9.59 Å². The molecular weight excluding hydrogens is 264 g/mol. The number of carboxylic acid groups (broad SMARTS) is 1. The normalized spacial score (nSPS) is 9.95. The van der Waals surface area contributed by atoms with Gasteiger partial charge in [-0.2, -0.15) is 0 Å². The maximum atomic E-state index is 11.9. The summed E-state index contributed by atoms with van der Waals surface area (Å²) in [7, 11) is 0. The van der Waals surface area contributed by atoms with Gasteiger partial charge in [-0.15, -0.1) is 0 Å². The molecule has 0 spiro atoms. The summed E-state index contributed by atoms with van der Waals surface area (Å²) in [5.41, 5.74) is 2.69. The topological polar surface area (TPSA) is 54.4 Å². The Morgan fingerprint density at radius 2 is 1.29 bits per heavy atom. The van der Waals surface area contributed by atoms with Crippen LogP contribution < -0.4 is 0 Å². The summed E-state index contributed by atoms with van der Waals surface area (Å²) in [5, 5.41) is 9.09. The number of aliphatic carboxylic acids is 1. The lowest BCUT2D eigenvalue weighted by atomic mass is 9.90. The molecule has 0 fully saturated rings. The fourth-order valence-corrected chi connectivity index (χ4v) is 2.26. The van der Waals surface area contributed by atoms with Gasteiger partial charge in [0.05, 0.1) is 6.42 Å². The molecular formula is C18H16O3. The number of benzene rings is 2. The van der Waals surface area contributed by atoms with Gasteiger partial charge in [0.25, 0.3) is 0 Å². The summed E-state index contributed by atoms with van der Waals surface area (Å²) in [6.45, 7) is 1.41. The molecule has 21 heavy (non-hydrogen) atoms. The Morgan fingerprint density at radius 1 is 0.857 bits per heavy atom. The van der Waals surface area contributed by atoms with Crippen molar-refractivity contribution in [3.8, 4) is 0 Å². The van der Waals surface area contributed by atoms with Crippen LogP contribution in [0.1, 0.15) is 24.5 Å². The second-order valence-electron chi connectivity index (χ2n) is 4.71. The fraction of sp³-hybridized carbons (Fsp3) is 0.111. The number of carboxylic acids is 1. The summed E-state index contributed by atoms with van der Waals surface area (Å²) in [5.74, 6) is -1.23. The van der Waals surface area contributed by atoms with Gasteiger partial charge in [-0.05, 0) is 23.6 Å². The van der Waals surface area contributed by atoms with Crippen LogP contribution in [0.25, 0.3) is 5.57 Å². The standard InChI is InChI=1S/C18H16O3/c1-13(19)16(12-17(20)21)18(14-8-4-2-5-9-14)15-10-6-3-7-11-15/h2-11H,12H2,1H3,(H,20,21). The summed E-state index contributed by atoms with van der Waals surface area (Å²) >= 11 is 0. The minimum absolute atomic E-state index is 0.222. The molecule has 0 aliphatic rings. The van der Waals surface area contributed by atoms with E-state index >= 15 is 0 Å². The molecule has 0 heterocycles. The Labute approximate surface area is 123 Å². The second kappa shape index (κ2) is 6.66. The van der Waals surface area contributed by atoms with Crippen LogP contribution in [-0.2, 0) is 9.59 Å². The second-order valence-corrected chi connectivity index (χ2v) is 4.71. The highest BCUT2D eigenvalue weighted by atomic mass is 16.4. The van der Waals surface area contributed by atoms with Gasteiger partial charge in [0.2, 0.25) is 0 Å². The molecule has 3 nitrogen and oxygen atoms in total. The van der Waals surface area contributed by atoms with E-state index in [9.17, 15) is 9.59 Å². The molecule has 0 amide bonds. The smallest absolute Gasteiger partial charge is 0.307 e. The monoisotopic (exact) mass is 280 g/mol. The van der Waals surface area contributed by atoms with Crippen LogP contribution in [0, 0.1) is 0 Å². The third-order valence-corrected chi connectivity index (χ3v) is 3.18. The molecule has 2 aromatic rings. The third kappa shape index (κ3) is 3.66. The summed E-state index contributed by atoms with van der Waals surface area (Å²) < 4.78 is 0. The van der Waals surface area contributed by atoms with E-state index in [0.717, 1.165) is 11.1 Å². The van der Waals surface area contributed by atoms with Gasteiger partial charge in [0.1, 0.15) is 0 Å². The SMILES string of the molecule is CC(=O)C(CC(=O)O)=C(c1ccccc1)c1ccccc1. The fourth-order valence-electron chi connectivity index (χ4n) is 2.26. The largest absolute Gasteiger partial charge is 0.481 e. The van der Waals surface area contributed by atoms with Crippen molar-refractivity contribution in [3.05, 3.63) is 77.4 Å². The zero-order valence-electron chi connectivity index (χ0n) is 11.7. The highest BCUT2D eigenvalue weighted by Gasteiger charge is 2.17. The lowest BCUT2D eigenvalue weighted by molar-refractivity contribution is -0.136. The van der Waals surface area contributed by atoms with Gasteiger partial charge in [-0.25, -0.2) is 0 Å². The molecule has 0 aliphatic carbocycles. The molecule has 0 bridgehead atoms. The third-order valence-electron chi connectivity index (χ3n) is 3.18. The maximum absolute atomic E-state index is 11.9. The zero-order chi connectivity index (χ0) is 15.2. The predicted octanol–water partition coefficient (Wildman–Crippen LogP) is 3.55. The van der Waals surface area contributed by atoms with Crippen LogP contribution in [0.3, 0.4) is 0 Å². The van der Waals surface area contributed by atoms with Crippen LogP contribution in [0.2, 0.25) is 0 Å². The predicted molar refractivity (Wildman–Crippen MR) is 81.8 cm³/mol. The summed E-state index contributed by atoms with van der Waals surface area (Å²) in [6, 6.07) is 18.8. The molecule has 0 aromatic heterocycles. The van der Waals surface area contributed by atoms with Crippen LogP contribution in [0.5, 0.6) is 0 Å². The van der Waals surface area contributed by atoms with Crippen molar-refractivity contribution in [2.75, 3.05) is 0 Å². The number of carbonyl (C=O) groups excluding carboxylic acids is 1. The Hall–Kier alpha value is -2.68. The quantitative estimate of drug-likeness (QED) is 0.852. The van der Waals surface area contributed by atoms with Crippen molar-refractivity contribution in [1.82, 2.24) is 0 Å². The molecule has 2 rings (SSSR count). The van der Waals surface area contributed by atoms with Crippen molar-refractivity contribution in [3.63, 3.8) is 0 Å². The average molecular weight is 280 g/mol. The first-order valence-corrected chi connectivity index (χ1v) is 6.66. The van der Waals surface area contributed by atoms with E-state index < -0.39 is 5.97 Å². The number of rotatable bonds is 5. The van der Waals surface area contributed by atoms with Gasteiger partial charge >= 0.3 is 5.97 Å². The van der Waals surface area contributed by atoms with Crippen molar-refractivity contribution < 1.29 is 14.7 Å². The summed E-state index contributed by atoms with van der Waals surface area (Å²) in [4.78, 5) is 23.0. The molecule has 0 radical (unpaired) electrons. The van der Waals surface area contributed by atoms with Crippen molar-refractivity contribution in [2.45, 2.75) is 13.3 Å². The molecule has 1 N–H and O–H groups in total. The van der Waals surface area contributed by atoms with Crippen LogP contribution in [0.15, 0.2) is 66.2 Å². The van der Waals surface area contributed by atoms with E-state index in [1.54, 1.807) is 0 Å². The number of Topliss-reactive ketones (excluding diaryl/α,β-unsaturated/α-hetero) is 1. The number of hydrogen-bond donors (Lipinski definition) is 1. The Morgan fingerprint density at radius 3 is 1.62 bits per heavy atom. The molecule has 0 unspecified atom stereocenters. The van der Waals surface area contributed by atoms with Crippen molar-refractivity contribution in [2.24, 2.45) is 0 Å². The van der Waals surface area contributed by atoms with Gasteiger partial charge in [0.15, 0.2) is 5.78 Å². The first-order chi connectivity index (χ1) is 10.1. The maximum Gasteiger partial charge on any atom is 0.307 e. The number of ketones is 1. The van der Waals surface area contributed by atoms with Gasteiger partial charge < -0.3 is 5.11 Å². The van der Waals surface area contributed by atoms with Crippen LogP contribution in [0.4, 0.5) is 0 Å². The van der Waals surface area contributed by atoms with E-state index in [2.05, 4.69) is 0 Å². The Balaban J connectivity index is 2.70. The highest BCUT2D eigenvalue weighted by Crippen LogP contribution is 2.28. The highest BCUT2D eigenvalue weighted by molar-refractivity contribution is 6.07. The molecule has 2 aromatic carbocycles. The lowest BCUT2D eigenvalue weighted by Crippen LogP contribution is -2.08. The van der Waals surface area contributed by atoms with Crippen molar-refractivity contribution in [1.29, 1.82) is 0 Å². The minimum Gasteiger partial charge on any atom is -0.481 e. The van der Waals surface area contributed by atoms with Gasteiger partial charge in [0, 0.05) is 5.57 Å². The summed E-state index contributed by atoms with van der Waals surface area (Å²) in [6.07, 6.45) is -0.283.